The molecule has 100 valence electrons. The summed E-state index contributed by atoms with van der Waals surface area (Å²) < 4.78 is 6.30. The highest BCUT2D eigenvalue weighted by atomic mass is 32.2. The van der Waals surface area contributed by atoms with Gasteiger partial charge in [0.15, 0.2) is 0 Å². The van der Waals surface area contributed by atoms with E-state index in [4.69, 9.17) is 4.74 Å². The Morgan fingerprint density at radius 3 is 2.28 bits per heavy atom. The molecule has 0 bridgehead atoms. The zero-order valence-electron chi connectivity index (χ0n) is 11.8. The van der Waals surface area contributed by atoms with Gasteiger partial charge < -0.3 is 4.74 Å². The molecule has 1 aromatic carbocycles. The molecular weight excluding hydrogens is 240 g/mol. The summed E-state index contributed by atoms with van der Waals surface area (Å²) in [5.41, 5.74) is 0.295. The Morgan fingerprint density at radius 1 is 1.00 bits per heavy atom. The molecule has 1 aromatic rings. The number of benzene rings is 1. The van der Waals surface area contributed by atoms with Crippen LogP contribution in [0.1, 0.15) is 34.1 Å². The number of ether oxygens (including phenoxy) is 1. The molecule has 0 N–H and O–H groups in total. The summed E-state index contributed by atoms with van der Waals surface area (Å²) in [6, 6.07) is 10.6. The van der Waals surface area contributed by atoms with E-state index in [-0.39, 0.29) is 0 Å². The molecule has 0 saturated carbocycles. The second-order valence-corrected chi connectivity index (χ2v) is 6.63. The first-order chi connectivity index (χ1) is 8.63. The molecule has 2 heteroatoms. The Balaban J connectivity index is 2.08. The quantitative estimate of drug-likeness (QED) is 0.774. The third kappa shape index (κ3) is 2.92. The van der Waals surface area contributed by atoms with Gasteiger partial charge >= 0.3 is 0 Å². The molecule has 0 amide bonds. The summed E-state index contributed by atoms with van der Waals surface area (Å²) in [5, 5.41) is 0. The highest BCUT2D eigenvalue weighted by Crippen LogP contribution is 2.42. The second-order valence-electron chi connectivity index (χ2n) is 5.46. The van der Waals surface area contributed by atoms with Crippen LogP contribution in [0.3, 0.4) is 0 Å². The monoisotopic (exact) mass is 264 g/mol. The highest BCUT2D eigenvalue weighted by molar-refractivity contribution is 7.99. The summed E-state index contributed by atoms with van der Waals surface area (Å²) in [5.74, 6) is 2.00. The Morgan fingerprint density at radius 2 is 1.67 bits per heavy atom. The Hall–Kier alpha value is -0.470. The van der Waals surface area contributed by atoms with E-state index in [0.29, 0.717) is 23.4 Å². The molecule has 0 aromatic heterocycles. The van der Waals surface area contributed by atoms with Crippen LogP contribution in [0.5, 0.6) is 0 Å². The molecule has 5 unspecified atom stereocenters. The van der Waals surface area contributed by atoms with Gasteiger partial charge in [0, 0.05) is 4.90 Å². The minimum atomic E-state index is 0.295. The summed E-state index contributed by atoms with van der Waals surface area (Å²) in [4.78, 5) is 1.31. The summed E-state index contributed by atoms with van der Waals surface area (Å²) in [7, 11) is 0. The van der Waals surface area contributed by atoms with Crippen molar-refractivity contribution >= 4 is 11.8 Å². The standard InChI is InChI=1S/C16H24OS/c1-5-15-12(3)11(2)13(4)16(17-15)18-14-9-7-6-8-10-14/h6-13,15-16H,5H2,1-4H3. The van der Waals surface area contributed by atoms with Crippen molar-refractivity contribution in [1.82, 2.24) is 0 Å². The van der Waals surface area contributed by atoms with Crippen molar-refractivity contribution in [3.8, 4) is 0 Å². The Kier molecular flexibility index (Phi) is 4.74. The van der Waals surface area contributed by atoms with Crippen LogP contribution in [-0.4, -0.2) is 11.5 Å². The average molecular weight is 264 g/mol. The largest absolute Gasteiger partial charge is 0.363 e. The Labute approximate surface area is 115 Å². The zero-order valence-corrected chi connectivity index (χ0v) is 12.6. The van der Waals surface area contributed by atoms with Crippen molar-refractivity contribution in [3.63, 3.8) is 0 Å². The summed E-state index contributed by atoms with van der Waals surface area (Å²) >= 11 is 1.88. The summed E-state index contributed by atoms with van der Waals surface area (Å²) in [6.07, 6.45) is 1.53. The van der Waals surface area contributed by atoms with Gasteiger partial charge in [0.2, 0.25) is 0 Å². The molecule has 2 rings (SSSR count). The normalized spacial score (nSPS) is 36.6. The lowest BCUT2D eigenvalue weighted by Gasteiger charge is -2.43. The van der Waals surface area contributed by atoms with Crippen molar-refractivity contribution in [2.45, 2.75) is 50.6 Å². The molecular formula is C16H24OS. The molecule has 18 heavy (non-hydrogen) atoms. The van der Waals surface area contributed by atoms with Crippen LogP contribution in [0.4, 0.5) is 0 Å². The lowest BCUT2D eigenvalue weighted by molar-refractivity contribution is -0.0944. The first-order valence-electron chi connectivity index (χ1n) is 7.00. The van der Waals surface area contributed by atoms with E-state index < -0.39 is 0 Å². The SMILES string of the molecule is CCC1OC(Sc2ccccc2)C(C)C(C)C1C. The van der Waals surface area contributed by atoms with Crippen molar-refractivity contribution in [2.75, 3.05) is 0 Å². The summed E-state index contributed by atoms with van der Waals surface area (Å²) in [6.45, 7) is 9.26. The van der Waals surface area contributed by atoms with Crippen LogP contribution >= 0.6 is 11.8 Å². The first-order valence-corrected chi connectivity index (χ1v) is 7.88. The van der Waals surface area contributed by atoms with Gasteiger partial charge in [0.25, 0.3) is 0 Å². The van der Waals surface area contributed by atoms with Crippen molar-refractivity contribution in [1.29, 1.82) is 0 Å². The van der Waals surface area contributed by atoms with E-state index in [2.05, 4.69) is 58.0 Å². The van der Waals surface area contributed by atoms with Crippen LogP contribution in [0, 0.1) is 17.8 Å². The van der Waals surface area contributed by atoms with Gasteiger partial charge in [-0.3, -0.25) is 0 Å². The number of thioether (sulfide) groups is 1. The van der Waals surface area contributed by atoms with E-state index in [1.165, 1.54) is 4.90 Å². The minimum Gasteiger partial charge on any atom is -0.363 e. The van der Waals surface area contributed by atoms with E-state index in [0.717, 1.165) is 12.3 Å². The van der Waals surface area contributed by atoms with Crippen LogP contribution in [0.2, 0.25) is 0 Å². The number of hydrogen-bond donors (Lipinski definition) is 0. The fraction of sp³-hybridized carbons (Fsp3) is 0.625. The third-order valence-electron chi connectivity index (χ3n) is 4.38. The minimum absolute atomic E-state index is 0.295. The fourth-order valence-electron chi connectivity index (χ4n) is 2.72. The van der Waals surface area contributed by atoms with Gasteiger partial charge in [-0.2, -0.15) is 0 Å². The van der Waals surface area contributed by atoms with Crippen molar-refractivity contribution < 1.29 is 4.74 Å². The molecule has 1 heterocycles. The molecule has 0 spiro atoms. The molecule has 1 aliphatic heterocycles. The predicted octanol–water partition coefficient (Wildman–Crippen LogP) is 4.82. The van der Waals surface area contributed by atoms with Crippen LogP contribution in [0.25, 0.3) is 0 Å². The third-order valence-corrected chi connectivity index (χ3v) is 5.70. The van der Waals surface area contributed by atoms with Crippen molar-refractivity contribution in [3.05, 3.63) is 30.3 Å². The smallest absolute Gasteiger partial charge is 0.110 e. The van der Waals surface area contributed by atoms with Gasteiger partial charge in [-0.05, 0) is 36.3 Å². The molecule has 1 nitrogen and oxygen atoms in total. The van der Waals surface area contributed by atoms with Crippen LogP contribution < -0.4 is 0 Å². The number of rotatable bonds is 3. The topological polar surface area (TPSA) is 9.23 Å². The maximum atomic E-state index is 6.30. The van der Waals surface area contributed by atoms with Crippen molar-refractivity contribution in [2.24, 2.45) is 17.8 Å². The molecule has 0 radical (unpaired) electrons. The maximum Gasteiger partial charge on any atom is 0.110 e. The van der Waals surface area contributed by atoms with Gasteiger partial charge in [-0.1, -0.05) is 57.7 Å². The van der Waals surface area contributed by atoms with Gasteiger partial charge in [-0.15, -0.1) is 0 Å². The second kappa shape index (κ2) is 6.12. The molecule has 0 aliphatic carbocycles. The lowest BCUT2D eigenvalue weighted by Crippen LogP contribution is -2.42. The number of hydrogen-bond acceptors (Lipinski definition) is 2. The first kappa shape index (κ1) is 14.0. The molecule has 1 aliphatic rings. The van der Waals surface area contributed by atoms with E-state index in [9.17, 15) is 0 Å². The van der Waals surface area contributed by atoms with Crippen LogP contribution in [-0.2, 0) is 4.74 Å². The molecule has 5 atom stereocenters. The van der Waals surface area contributed by atoms with Gasteiger partial charge in [-0.25, -0.2) is 0 Å². The molecule has 1 fully saturated rings. The highest BCUT2D eigenvalue weighted by Gasteiger charge is 2.38. The van der Waals surface area contributed by atoms with E-state index in [1.807, 2.05) is 11.8 Å². The van der Waals surface area contributed by atoms with Gasteiger partial charge in [0.1, 0.15) is 5.44 Å². The van der Waals surface area contributed by atoms with E-state index >= 15 is 0 Å². The van der Waals surface area contributed by atoms with Gasteiger partial charge in [0.05, 0.1) is 6.10 Å². The zero-order chi connectivity index (χ0) is 13.1. The average Bonchev–Trinajstić information content (AvgIpc) is 2.40. The Bertz CT molecular complexity index is 363. The van der Waals surface area contributed by atoms with E-state index in [1.54, 1.807) is 0 Å². The lowest BCUT2D eigenvalue weighted by atomic mass is 9.79. The maximum absolute atomic E-state index is 6.30. The van der Waals surface area contributed by atoms with Crippen LogP contribution in [0.15, 0.2) is 35.2 Å². The fourth-order valence-corrected chi connectivity index (χ4v) is 3.96. The predicted molar refractivity (Wildman–Crippen MR) is 78.7 cm³/mol. The molecule has 1 saturated heterocycles.